The van der Waals surface area contributed by atoms with Gasteiger partial charge in [0.1, 0.15) is 11.6 Å². The standard InChI is InChI=1S/C10H15N3/c1-6-8-3-4-9(6)10-12-11-7(2)13(10)5-8/h6,8-9H,3-5H2,1-2H3. The van der Waals surface area contributed by atoms with Crippen molar-refractivity contribution in [2.45, 2.75) is 39.2 Å². The molecule has 1 fully saturated rings. The number of nitrogens with zero attached hydrogens (tertiary/aromatic N) is 3. The third kappa shape index (κ3) is 0.847. The molecule has 0 amide bonds. The molecular formula is C10H15N3. The first-order chi connectivity index (χ1) is 6.27. The van der Waals surface area contributed by atoms with Crippen molar-refractivity contribution in [1.82, 2.24) is 14.8 Å². The molecule has 1 aliphatic heterocycles. The highest BCUT2D eigenvalue weighted by Crippen LogP contribution is 2.47. The maximum atomic E-state index is 4.30. The summed E-state index contributed by atoms with van der Waals surface area (Å²) in [6.45, 7) is 5.59. The molecule has 3 rings (SSSR count). The van der Waals surface area contributed by atoms with E-state index in [1.807, 2.05) is 0 Å². The lowest BCUT2D eigenvalue weighted by Crippen LogP contribution is -2.25. The molecule has 0 radical (unpaired) electrons. The lowest BCUT2D eigenvalue weighted by atomic mass is 9.88. The van der Waals surface area contributed by atoms with Gasteiger partial charge in [-0.25, -0.2) is 0 Å². The number of hydrogen-bond acceptors (Lipinski definition) is 2. The van der Waals surface area contributed by atoms with Crippen molar-refractivity contribution in [2.24, 2.45) is 11.8 Å². The molecule has 1 aromatic rings. The Labute approximate surface area is 78.2 Å². The third-order valence-corrected chi connectivity index (χ3v) is 3.94. The van der Waals surface area contributed by atoms with Gasteiger partial charge < -0.3 is 4.57 Å². The van der Waals surface area contributed by atoms with E-state index in [-0.39, 0.29) is 0 Å². The second kappa shape index (κ2) is 2.34. The van der Waals surface area contributed by atoms with E-state index in [1.165, 1.54) is 18.7 Å². The molecule has 1 aromatic heterocycles. The minimum absolute atomic E-state index is 0.694. The van der Waals surface area contributed by atoms with Crippen LogP contribution in [0.3, 0.4) is 0 Å². The van der Waals surface area contributed by atoms with Crippen LogP contribution in [0, 0.1) is 18.8 Å². The third-order valence-electron chi connectivity index (χ3n) is 3.94. The molecule has 2 heterocycles. The van der Waals surface area contributed by atoms with E-state index in [1.54, 1.807) is 0 Å². The van der Waals surface area contributed by atoms with Crippen LogP contribution in [-0.4, -0.2) is 14.8 Å². The molecule has 0 saturated heterocycles. The highest BCUT2D eigenvalue weighted by molar-refractivity contribution is 5.10. The normalized spacial score (nSPS) is 36.3. The first kappa shape index (κ1) is 7.54. The molecule has 1 saturated carbocycles. The van der Waals surface area contributed by atoms with E-state index in [0.717, 1.165) is 24.2 Å². The SMILES string of the molecule is Cc1nnc2n1CC1CCC2C1C. The Kier molecular flexibility index (Phi) is 1.35. The van der Waals surface area contributed by atoms with Crippen molar-refractivity contribution in [1.29, 1.82) is 0 Å². The summed E-state index contributed by atoms with van der Waals surface area (Å²) in [6.07, 6.45) is 2.71. The van der Waals surface area contributed by atoms with Crippen LogP contribution in [0.15, 0.2) is 0 Å². The Bertz CT molecular complexity index is 342. The molecule has 13 heavy (non-hydrogen) atoms. The van der Waals surface area contributed by atoms with Gasteiger partial charge in [0, 0.05) is 12.5 Å². The molecule has 3 atom stereocenters. The van der Waals surface area contributed by atoms with Gasteiger partial charge in [-0.2, -0.15) is 0 Å². The second-order valence-corrected chi connectivity index (χ2v) is 4.52. The lowest BCUT2D eigenvalue weighted by molar-refractivity contribution is 0.293. The number of fused-ring (bicyclic) bond motifs is 4. The van der Waals surface area contributed by atoms with E-state index in [9.17, 15) is 0 Å². The van der Waals surface area contributed by atoms with Crippen LogP contribution in [0.4, 0.5) is 0 Å². The van der Waals surface area contributed by atoms with Gasteiger partial charge in [0.2, 0.25) is 0 Å². The Hall–Kier alpha value is -0.860. The fraction of sp³-hybridized carbons (Fsp3) is 0.800. The summed E-state index contributed by atoms with van der Waals surface area (Å²) >= 11 is 0. The van der Waals surface area contributed by atoms with Crippen molar-refractivity contribution in [3.05, 3.63) is 11.6 Å². The van der Waals surface area contributed by atoms with E-state index < -0.39 is 0 Å². The van der Waals surface area contributed by atoms with Crippen LogP contribution < -0.4 is 0 Å². The zero-order valence-corrected chi connectivity index (χ0v) is 8.20. The summed E-state index contributed by atoms with van der Waals surface area (Å²) in [5, 5.41) is 8.46. The van der Waals surface area contributed by atoms with Crippen molar-refractivity contribution in [3.8, 4) is 0 Å². The fourth-order valence-corrected chi connectivity index (χ4v) is 3.00. The average molecular weight is 177 g/mol. The van der Waals surface area contributed by atoms with Crippen molar-refractivity contribution < 1.29 is 0 Å². The fourth-order valence-electron chi connectivity index (χ4n) is 3.00. The largest absolute Gasteiger partial charge is 0.315 e. The molecule has 0 spiro atoms. The van der Waals surface area contributed by atoms with Crippen LogP contribution in [0.5, 0.6) is 0 Å². The number of hydrogen-bond donors (Lipinski definition) is 0. The Morgan fingerprint density at radius 1 is 1.31 bits per heavy atom. The van der Waals surface area contributed by atoms with Gasteiger partial charge in [-0.05, 0) is 31.6 Å². The highest BCUT2D eigenvalue weighted by Gasteiger charge is 2.41. The minimum atomic E-state index is 0.694. The summed E-state index contributed by atoms with van der Waals surface area (Å²) < 4.78 is 2.32. The van der Waals surface area contributed by atoms with Crippen LogP contribution in [-0.2, 0) is 6.54 Å². The Morgan fingerprint density at radius 2 is 2.15 bits per heavy atom. The molecule has 2 bridgehead atoms. The van der Waals surface area contributed by atoms with Crippen molar-refractivity contribution >= 4 is 0 Å². The molecule has 3 unspecified atom stereocenters. The van der Waals surface area contributed by atoms with Gasteiger partial charge in [0.05, 0.1) is 0 Å². The Balaban J connectivity index is 2.13. The molecule has 0 aromatic carbocycles. The van der Waals surface area contributed by atoms with Crippen LogP contribution in [0.1, 0.15) is 37.3 Å². The number of rotatable bonds is 0. The maximum Gasteiger partial charge on any atom is 0.136 e. The van der Waals surface area contributed by atoms with Gasteiger partial charge in [-0.1, -0.05) is 6.92 Å². The first-order valence-electron chi connectivity index (χ1n) is 5.17. The zero-order chi connectivity index (χ0) is 9.00. The quantitative estimate of drug-likeness (QED) is 0.604. The molecule has 0 N–H and O–H groups in total. The van der Waals surface area contributed by atoms with Crippen LogP contribution >= 0.6 is 0 Å². The molecule has 70 valence electrons. The van der Waals surface area contributed by atoms with Gasteiger partial charge in [0.25, 0.3) is 0 Å². The summed E-state index contributed by atoms with van der Waals surface area (Å²) in [5.41, 5.74) is 0. The minimum Gasteiger partial charge on any atom is -0.315 e. The molecular weight excluding hydrogens is 162 g/mol. The summed E-state index contributed by atoms with van der Waals surface area (Å²) in [4.78, 5) is 0. The lowest BCUT2D eigenvalue weighted by Gasteiger charge is -2.27. The molecule has 2 aliphatic rings. The van der Waals surface area contributed by atoms with Gasteiger partial charge in [0.15, 0.2) is 0 Å². The van der Waals surface area contributed by atoms with Gasteiger partial charge in [-0.15, -0.1) is 10.2 Å². The average Bonchev–Trinajstić information content (AvgIpc) is 2.59. The monoisotopic (exact) mass is 177 g/mol. The van der Waals surface area contributed by atoms with Crippen LogP contribution in [0.25, 0.3) is 0 Å². The van der Waals surface area contributed by atoms with Crippen molar-refractivity contribution in [3.63, 3.8) is 0 Å². The van der Waals surface area contributed by atoms with E-state index in [2.05, 4.69) is 28.6 Å². The predicted molar refractivity (Wildman–Crippen MR) is 49.4 cm³/mol. The second-order valence-electron chi connectivity index (χ2n) is 4.52. The van der Waals surface area contributed by atoms with E-state index in [0.29, 0.717) is 5.92 Å². The van der Waals surface area contributed by atoms with Gasteiger partial charge >= 0.3 is 0 Å². The zero-order valence-electron chi connectivity index (χ0n) is 8.20. The molecule has 1 aliphatic carbocycles. The number of aryl methyl sites for hydroxylation is 1. The smallest absolute Gasteiger partial charge is 0.136 e. The first-order valence-corrected chi connectivity index (χ1v) is 5.17. The van der Waals surface area contributed by atoms with Gasteiger partial charge in [-0.3, -0.25) is 0 Å². The topological polar surface area (TPSA) is 30.7 Å². The summed E-state index contributed by atoms with van der Waals surface area (Å²) in [7, 11) is 0. The Morgan fingerprint density at radius 3 is 3.00 bits per heavy atom. The van der Waals surface area contributed by atoms with E-state index >= 15 is 0 Å². The molecule has 3 heteroatoms. The summed E-state index contributed by atoms with van der Waals surface area (Å²) in [6, 6.07) is 0. The highest BCUT2D eigenvalue weighted by atomic mass is 15.3. The van der Waals surface area contributed by atoms with E-state index in [4.69, 9.17) is 0 Å². The predicted octanol–water partition coefficient (Wildman–Crippen LogP) is 1.73. The number of aromatic nitrogens is 3. The van der Waals surface area contributed by atoms with Crippen molar-refractivity contribution in [2.75, 3.05) is 0 Å². The maximum absolute atomic E-state index is 4.30. The summed E-state index contributed by atoms with van der Waals surface area (Å²) in [5.74, 6) is 4.75. The van der Waals surface area contributed by atoms with Crippen LogP contribution in [0.2, 0.25) is 0 Å². The molecule has 3 nitrogen and oxygen atoms in total.